The van der Waals surface area contributed by atoms with Crippen LogP contribution in [0.5, 0.6) is 0 Å². The average molecular weight is 639 g/mol. The fourth-order valence-corrected chi connectivity index (χ4v) is 6.49. The maximum absolute atomic E-state index is 14.2. The Labute approximate surface area is 257 Å². The first-order valence-corrected chi connectivity index (χ1v) is 15.8. The first-order chi connectivity index (χ1) is 19.4. The van der Waals surface area contributed by atoms with Gasteiger partial charge in [-0.25, -0.2) is 8.42 Å². The van der Waals surface area contributed by atoms with Gasteiger partial charge in [0.2, 0.25) is 11.8 Å². The maximum Gasteiger partial charge on any atom is 0.264 e. The van der Waals surface area contributed by atoms with E-state index in [9.17, 15) is 18.0 Å². The van der Waals surface area contributed by atoms with Gasteiger partial charge >= 0.3 is 0 Å². The van der Waals surface area contributed by atoms with E-state index in [-0.39, 0.29) is 35.5 Å². The molecule has 3 aromatic carbocycles. The molecule has 7 nitrogen and oxygen atoms in total. The molecule has 0 spiro atoms. The van der Waals surface area contributed by atoms with Crippen LogP contribution in [0.4, 0.5) is 5.69 Å². The molecule has 41 heavy (non-hydrogen) atoms. The van der Waals surface area contributed by atoms with Crippen LogP contribution in [0.1, 0.15) is 44.7 Å². The number of hydrogen-bond acceptors (Lipinski definition) is 4. The SMILES string of the molecule is CC[C@@H](C)NC(=O)[C@H](CC)N(Cc1c(Cl)cccc1Cl)C(=O)CN(c1cccc(Cl)c1C)S(=O)(=O)c1ccccc1. The monoisotopic (exact) mass is 637 g/mol. The molecular formula is C30H34Cl3N3O4S. The first kappa shape index (κ1) is 32.7. The van der Waals surface area contributed by atoms with E-state index >= 15 is 0 Å². The summed E-state index contributed by atoms with van der Waals surface area (Å²) in [5.41, 5.74) is 1.20. The Morgan fingerprint density at radius 3 is 2.02 bits per heavy atom. The second kappa shape index (κ2) is 14.4. The number of anilines is 1. The number of nitrogens with zero attached hydrogens (tertiary/aromatic N) is 2. The van der Waals surface area contributed by atoms with Crippen LogP contribution in [0.2, 0.25) is 15.1 Å². The summed E-state index contributed by atoms with van der Waals surface area (Å²) in [5.74, 6) is -0.958. The molecule has 2 amide bonds. The zero-order valence-electron chi connectivity index (χ0n) is 23.4. The van der Waals surface area contributed by atoms with Gasteiger partial charge in [0.05, 0.1) is 10.6 Å². The molecule has 11 heteroatoms. The third kappa shape index (κ3) is 7.74. The minimum atomic E-state index is -4.21. The summed E-state index contributed by atoms with van der Waals surface area (Å²) in [5, 5.41) is 3.94. The molecule has 0 heterocycles. The van der Waals surface area contributed by atoms with Crippen molar-refractivity contribution in [2.75, 3.05) is 10.8 Å². The highest BCUT2D eigenvalue weighted by atomic mass is 35.5. The topological polar surface area (TPSA) is 86.8 Å². The van der Waals surface area contributed by atoms with Gasteiger partial charge < -0.3 is 10.2 Å². The molecule has 0 aromatic heterocycles. The number of carbonyl (C=O) groups is 2. The molecule has 220 valence electrons. The Hall–Kier alpha value is -2.78. The van der Waals surface area contributed by atoms with Gasteiger partial charge in [0, 0.05) is 33.2 Å². The largest absolute Gasteiger partial charge is 0.352 e. The number of carbonyl (C=O) groups excluding carboxylic acids is 2. The molecule has 0 saturated heterocycles. The van der Waals surface area contributed by atoms with E-state index in [2.05, 4.69) is 5.32 Å². The van der Waals surface area contributed by atoms with Crippen LogP contribution in [0, 0.1) is 6.92 Å². The summed E-state index contributed by atoms with van der Waals surface area (Å²) in [6, 6.07) is 16.6. The predicted molar refractivity (Wildman–Crippen MR) is 166 cm³/mol. The Morgan fingerprint density at radius 1 is 0.854 bits per heavy atom. The number of halogens is 3. The van der Waals surface area contributed by atoms with Crippen LogP contribution in [0.3, 0.4) is 0 Å². The van der Waals surface area contributed by atoms with Gasteiger partial charge in [0.1, 0.15) is 12.6 Å². The quantitative estimate of drug-likeness (QED) is 0.235. The molecule has 0 aliphatic carbocycles. The van der Waals surface area contributed by atoms with E-state index in [1.807, 2.05) is 13.8 Å². The Balaban J connectivity index is 2.13. The first-order valence-electron chi connectivity index (χ1n) is 13.3. The maximum atomic E-state index is 14.2. The van der Waals surface area contributed by atoms with Crippen LogP contribution in [-0.2, 0) is 26.2 Å². The third-order valence-corrected chi connectivity index (χ3v) is 9.79. The van der Waals surface area contributed by atoms with Gasteiger partial charge in [-0.05, 0) is 68.7 Å². The van der Waals surface area contributed by atoms with Crippen molar-refractivity contribution in [2.24, 2.45) is 0 Å². The summed E-state index contributed by atoms with van der Waals surface area (Å²) < 4.78 is 29.0. The molecule has 0 saturated carbocycles. The zero-order valence-corrected chi connectivity index (χ0v) is 26.5. The van der Waals surface area contributed by atoms with Crippen molar-refractivity contribution in [3.63, 3.8) is 0 Å². The standard InChI is InChI=1S/C30H34Cl3N3O4S/c1-5-20(3)34-30(38)27(6-2)35(18-23-25(32)15-10-16-26(23)33)29(37)19-36(28-17-11-14-24(31)21(28)4)41(39,40)22-12-8-7-9-13-22/h7-17,20,27H,5-6,18-19H2,1-4H3,(H,34,38)/t20-,27+/m1/s1. The van der Waals surface area contributed by atoms with Crippen molar-refractivity contribution >= 4 is 62.3 Å². The van der Waals surface area contributed by atoms with Gasteiger partial charge in [-0.3, -0.25) is 13.9 Å². The molecule has 0 aliphatic heterocycles. The molecule has 0 radical (unpaired) electrons. The normalized spacial score (nSPS) is 12.9. The minimum absolute atomic E-state index is 0.00873. The lowest BCUT2D eigenvalue weighted by Crippen LogP contribution is -2.53. The van der Waals surface area contributed by atoms with Crippen molar-refractivity contribution in [2.45, 2.75) is 64.1 Å². The summed E-state index contributed by atoms with van der Waals surface area (Å²) in [6.07, 6.45) is 0.974. The van der Waals surface area contributed by atoms with Gasteiger partial charge in [-0.15, -0.1) is 0 Å². The summed E-state index contributed by atoms with van der Waals surface area (Å²) in [6.45, 7) is 6.60. The second-order valence-electron chi connectivity index (χ2n) is 9.67. The predicted octanol–water partition coefficient (Wildman–Crippen LogP) is 6.87. The van der Waals surface area contributed by atoms with E-state index in [0.717, 1.165) is 4.31 Å². The Morgan fingerprint density at radius 2 is 1.44 bits per heavy atom. The fraction of sp³-hybridized carbons (Fsp3) is 0.333. The van der Waals surface area contributed by atoms with Crippen LogP contribution in [0.25, 0.3) is 0 Å². The van der Waals surface area contributed by atoms with E-state index < -0.39 is 28.5 Å². The third-order valence-electron chi connectivity index (χ3n) is 6.89. The van der Waals surface area contributed by atoms with Gasteiger partial charge in [-0.2, -0.15) is 0 Å². The van der Waals surface area contributed by atoms with E-state index in [0.29, 0.717) is 32.6 Å². The lowest BCUT2D eigenvalue weighted by atomic mass is 10.1. The molecule has 0 unspecified atom stereocenters. The van der Waals surface area contributed by atoms with Crippen molar-refractivity contribution in [1.82, 2.24) is 10.2 Å². The molecule has 3 aromatic rings. The Bertz CT molecular complexity index is 1470. The van der Waals surface area contributed by atoms with Gasteiger partial charge in [0.25, 0.3) is 10.0 Å². The minimum Gasteiger partial charge on any atom is -0.352 e. The molecule has 3 rings (SSSR count). The number of rotatable bonds is 12. The highest BCUT2D eigenvalue weighted by Crippen LogP contribution is 2.32. The number of hydrogen-bond donors (Lipinski definition) is 1. The molecular weight excluding hydrogens is 605 g/mol. The summed E-state index contributed by atoms with van der Waals surface area (Å²) >= 11 is 19.3. The Kier molecular flexibility index (Phi) is 11.5. The summed E-state index contributed by atoms with van der Waals surface area (Å²) in [7, 11) is -4.21. The van der Waals surface area contributed by atoms with Crippen molar-refractivity contribution in [3.05, 3.63) is 92.9 Å². The van der Waals surface area contributed by atoms with Crippen molar-refractivity contribution in [3.8, 4) is 0 Å². The number of benzene rings is 3. The molecule has 0 bridgehead atoms. The second-order valence-corrected chi connectivity index (χ2v) is 12.8. The average Bonchev–Trinajstić information content (AvgIpc) is 2.95. The van der Waals surface area contributed by atoms with Crippen LogP contribution in [0.15, 0.2) is 71.6 Å². The molecule has 2 atom stereocenters. The van der Waals surface area contributed by atoms with Crippen molar-refractivity contribution < 1.29 is 18.0 Å². The summed E-state index contributed by atoms with van der Waals surface area (Å²) in [4.78, 5) is 29.0. The smallest absolute Gasteiger partial charge is 0.264 e. The van der Waals surface area contributed by atoms with Gasteiger partial charge in [0.15, 0.2) is 0 Å². The van der Waals surface area contributed by atoms with Crippen molar-refractivity contribution in [1.29, 1.82) is 0 Å². The highest BCUT2D eigenvalue weighted by Gasteiger charge is 2.35. The lowest BCUT2D eigenvalue weighted by molar-refractivity contribution is -0.140. The van der Waals surface area contributed by atoms with E-state index in [1.54, 1.807) is 68.4 Å². The molecule has 1 N–H and O–H groups in total. The fourth-order valence-electron chi connectivity index (χ4n) is 4.31. The van der Waals surface area contributed by atoms with E-state index in [4.69, 9.17) is 34.8 Å². The van der Waals surface area contributed by atoms with E-state index in [1.165, 1.54) is 17.0 Å². The number of amides is 2. The molecule has 0 fully saturated rings. The van der Waals surface area contributed by atoms with Crippen LogP contribution >= 0.6 is 34.8 Å². The number of nitrogens with one attached hydrogen (secondary N) is 1. The zero-order chi connectivity index (χ0) is 30.3. The number of sulfonamides is 1. The van der Waals surface area contributed by atoms with Crippen LogP contribution < -0.4 is 9.62 Å². The molecule has 0 aliphatic rings. The lowest BCUT2D eigenvalue weighted by Gasteiger charge is -2.34. The van der Waals surface area contributed by atoms with Gasteiger partial charge in [-0.1, -0.05) is 79.0 Å². The highest BCUT2D eigenvalue weighted by molar-refractivity contribution is 7.92. The van der Waals surface area contributed by atoms with Crippen LogP contribution in [-0.4, -0.2) is 43.8 Å².